The molecule has 1 aromatic rings. The van der Waals surface area contributed by atoms with Crippen LogP contribution in [0.1, 0.15) is 37.4 Å². The average molecular weight is 243 g/mol. The van der Waals surface area contributed by atoms with Gasteiger partial charge in [0.15, 0.2) is 0 Å². The van der Waals surface area contributed by atoms with Crippen LogP contribution in [0.15, 0.2) is 24.3 Å². The van der Waals surface area contributed by atoms with Crippen molar-refractivity contribution in [1.82, 2.24) is 4.90 Å². The Morgan fingerprint density at radius 3 is 2.94 bits per heavy atom. The summed E-state index contributed by atoms with van der Waals surface area (Å²) in [5.41, 5.74) is 8.01. The van der Waals surface area contributed by atoms with Gasteiger partial charge in [0.25, 0.3) is 0 Å². The normalized spacial score (nSPS) is 26.6. The monoisotopic (exact) mass is 243 g/mol. The fraction of sp³-hybridized carbons (Fsp3) is 0.533. The van der Waals surface area contributed by atoms with E-state index in [0.29, 0.717) is 18.0 Å². The molecule has 1 saturated heterocycles. The van der Waals surface area contributed by atoms with Crippen LogP contribution in [0.5, 0.6) is 0 Å². The van der Waals surface area contributed by atoms with Crippen LogP contribution >= 0.6 is 0 Å². The first kappa shape index (κ1) is 13.1. The Balaban J connectivity index is 2.11. The summed E-state index contributed by atoms with van der Waals surface area (Å²) < 4.78 is 0. The summed E-state index contributed by atoms with van der Waals surface area (Å²) in [6, 6.07) is 10.8. The summed E-state index contributed by atoms with van der Waals surface area (Å²) in [6.07, 6.45) is 1.06. The van der Waals surface area contributed by atoms with Crippen LogP contribution < -0.4 is 5.73 Å². The molecule has 0 radical (unpaired) electrons. The van der Waals surface area contributed by atoms with Gasteiger partial charge in [-0.3, -0.25) is 4.90 Å². The van der Waals surface area contributed by atoms with Crippen molar-refractivity contribution in [3.8, 4) is 6.07 Å². The predicted octanol–water partition coefficient (Wildman–Crippen LogP) is 2.29. The van der Waals surface area contributed by atoms with Crippen molar-refractivity contribution in [2.24, 2.45) is 11.7 Å². The van der Waals surface area contributed by atoms with Crippen molar-refractivity contribution in [2.45, 2.75) is 32.4 Å². The minimum Gasteiger partial charge on any atom is -0.327 e. The summed E-state index contributed by atoms with van der Waals surface area (Å²) in [6.45, 7) is 6.51. The van der Waals surface area contributed by atoms with E-state index in [9.17, 15) is 0 Å². The van der Waals surface area contributed by atoms with Gasteiger partial charge in [-0.1, -0.05) is 19.1 Å². The molecule has 1 heterocycles. The summed E-state index contributed by atoms with van der Waals surface area (Å²) in [5.74, 6) is 0.542. The molecule has 0 bridgehead atoms. The minimum absolute atomic E-state index is 0.332. The third-order valence-corrected chi connectivity index (χ3v) is 4.05. The molecule has 3 unspecified atom stereocenters. The van der Waals surface area contributed by atoms with Crippen molar-refractivity contribution < 1.29 is 0 Å². The molecule has 3 nitrogen and oxygen atoms in total. The van der Waals surface area contributed by atoms with Crippen molar-refractivity contribution in [3.05, 3.63) is 35.4 Å². The Morgan fingerprint density at radius 2 is 2.28 bits per heavy atom. The first-order chi connectivity index (χ1) is 8.61. The second-order valence-corrected chi connectivity index (χ2v) is 5.34. The highest BCUT2D eigenvalue weighted by atomic mass is 15.2. The van der Waals surface area contributed by atoms with Crippen LogP contribution in [0, 0.1) is 17.2 Å². The van der Waals surface area contributed by atoms with Gasteiger partial charge < -0.3 is 5.73 Å². The van der Waals surface area contributed by atoms with E-state index in [4.69, 9.17) is 11.0 Å². The summed E-state index contributed by atoms with van der Waals surface area (Å²) in [5, 5.41) is 8.95. The van der Waals surface area contributed by atoms with Crippen molar-refractivity contribution in [1.29, 1.82) is 5.26 Å². The highest BCUT2D eigenvalue weighted by molar-refractivity contribution is 5.34. The Bertz CT molecular complexity index is 449. The van der Waals surface area contributed by atoms with Gasteiger partial charge in [0.1, 0.15) is 0 Å². The molecule has 0 aromatic heterocycles. The molecule has 2 N–H and O–H groups in total. The van der Waals surface area contributed by atoms with Crippen LogP contribution in [0.2, 0.25) is 0 Å². The van der Waals surface area contributed by atoms with Crippen molar-refractivity contribution >= 4 is 0 Å². The second-order valence-electron chi connectivity index (χ2n) is 5.34. The lowest BCUT2D eigenvalue weighted by atomic mass is 9.92. The lowest BCUT2D eigenvalue weighted by Crippen LogP contribution is -2.46. The summed E-state index contributed by atoms with van der Waals surface area (Å²) in [4.78, 5) is 2.46. The van der Waals surface area contributed by atoms with E-state index < -0.39 is 0 Å². The number of hydrogen-bond donors (Lipinski definition) is 1. The smallest absolute Gasteiger partial charge is 0.0991 e. The van der Waals surface area contributed by atoms with Gasteiger partial charge in [-0.05, 0) is 37.0 Å². The molecule has 1 aliphatic heterocycles. The third kappa shape index (κ3) is 2.72. The Labute approximate surface area is 109 Å². The molecular formula is C15H21N3. The first-order valence-electron chi connectivity index (χ1n) is 6.61. The van der Waals surface area contributed by atoms with Crippen LogP contribution in [-0.4, -0.2) is 24.0 Å². The third-order valence-electron chi connectivity index (χ3n) is 4.05. The number of nitriles is 1. The van der Waals surface area contributed by atoms with Gasteiger partial charge in [0, 0.05) is 25.2 Å². The lowest BCUT2D eigenvalue weighted by Gasteiger charge is -2.38. The first-order valence-corrected chi connectivity index (χ1v) is 6.61. The molecule has 1 aliphatic rings. The van der Waals surface area contributed by atoms with Crippen molar-refractivity contribution in [3.63, 3.8) is 0 Å². The number of nitrogens with two attached hydrogens (primary N) is 1. The maximum atomic E-state index is 8.95. The van der Waals surface area contributed by atoms with Crippen LogP contribution in [0.3, 0.4) is 0 Å². The van der Waals surface area contributed by atoms with E-state index >= 15 is 0 Å². The maximum absolute atomic E-state index is 8.95. The summed E-state index contributed by atoms with van der Waals surface area (Å²) in [7, 11) is 0. The number of rotatable bonds is 2. The number of likely N-dealkylation sites (tertiary alicyclic amines) is 1. The molecule has 3 heteroatoms. The Hall–Kier alpha value is -1.37. The number of benzene rings is 1. The highest BCUT2D eigenvalue weighted by Gasteiger charge is 2.26. The summed E-state index contributed by atoms with van der Waals surface area (Å²) >= 11 is 0. The van der Waals surface area contributed by atoms with Gasteiger partial charge in [-0.25, -0.2) is 0 Å². The molecule has 3 atom stereocenters. The highest BCUT2D eigenvalue weighted by Crippen LogP contribution is 2.26. The molecule has 18 heavy (non-hydrogen) atoms. The molecule has 0 amide bonds. The number of piperidine rings is 1. The second kappa shape index (κ2) is 5.51. The van der Waals surface area contributed by atoms with E-state index in [1.54, 1.807) is 0 Å². The minimum atomic E-state index is 0.332. The average Bonchev–Trinajstić information content (AvgIpc) is 2.41. The molecule has 2 rings (SSSR count). The molecule has 0 spiro atoms. The molecule has 1 aromatic carbocycles. The van der Waals surface area contributed by atoms with E-state index in [1.807, 2.05) is 18.2 Å². The van der Waals surface area contributed by atoms with Crippen LogP contribution in [0.25, 0.3) is 0 Å². The van der Waals surface area contributed by atoms with E-state index in [2.05, 4.69) is 30.9 Å². The fourth-order valence-corrected chi connectivity index (χ4v) is 2.63. The zero-order chi connectivity index (χ0) is 13.1. The van der Waals surface area contributed by atoms with Gasteiger partial charge in [-0.15, -0.1) is 0 Å². The molecule has 96 valence electrons. The molecule has 1 fully saturated rings. The Morgan fingerprint density at radius 1 is 1.50 bits per heavy atom. The zero-order valence-corrected chi connectivity index (χ0v) is 11.1. The maximum Gasteiger partial charge on any atom is 0.0991 e. The van der Waals surface area contributed by atoms with E-state index in [1.165, 1.54) is 5.56 Å². The molecule has 0 saturated carbocycles. The topological polar surface area (TPSA) is 53.0 Å². The SMILES string of the molecule is CC1CN(C(C)c2cccc(C#N)c2)CCC1N. The van der Waals surface area contributed by atoms with E-state index in [0.717, 1.165) is 25.1 Å². The quantitative estimate of drug-likeness (QED) is 0.867. The van der Waals surface area contributed by atoms with Gasteiger partial charge >= 0.3 is 0 Å². The van der Waals surface area contributed by atoms with Crippen LogP contribution in [-0.2, 0) is 0 Å². The molecule has 0 aliphatic carbocycles. The van der Waals surface area contributed by atoms with Crippen LogP contribution in [0.4, 0.5) is 0 Å². The predicted molar refractivity (Wildman–Crippen MR) is 72.9 cm³/mol. The van der Waals surface area contributed by atoms with Gasteiger partial charge in [-0.2, -0.15) is 5.26 Å². The standard InChI is InChI=1S/C15H21N3/c1-11-10-18(7-6-15(11)17)12(2)14-5-3-4-13(8-14)9-16/h3-5,8,11-12,15H,6-7,10,17H2,1-2H3. The lowest BCUT2D eigenvalue weighted by molar-refractivity contribution is 0.124. The number of nitrogens with zero attached hydrogens (tertiary/aromatic N) is 2. The zero-order valence-electron chi connectivity index (χ0n) is 11.1. The van der Waals surface area contributed by atoms with Gasteiger partial charge in [0.2, 0.25) is 0 Å². The largest absolute Gasteiger partial charge is 0.327 e. The van der Waals surface area contributed by atoms with E-state index in [-0.39, 0.29) is 0 Å². The Kier molecular flexibility index (Phi) is 4.00. The molecular weight excluding hydrogens is 222 g/mol. The van der Waals surface area contributed by atoms with Crippen molar-refractivity contribution in [2.75, 3.05) is 13.1 Å². The number of hydrogen-bond acceptors (Lipinski definition) is 3. The fourth-order valence-electron chi connectivity index (χ4n) is 2.63. The van der Waals surface area contributed by atoms with Gasteiger partial charge in [0.05, 0.1) is 11.6 Å².